The van der Waals surface area contributed by atoms with Gasteiger partial charge in [0.2, 0.25) is 5.91 Å². The van der Waals surface area contributed by atoms with Gasteiger partial charge in [-0.15, -0.1) is 0 Å². The second-order valence-electron chi connectivity index (χ2n) is 9.22. The van der Waals surface area contributed by atoms with E-state index in [-0.39, 0.29) is 41.9 Å². The molecular formula is C22H31NO3. The molecule has 26 heavy (non-hydrogen) atoms. The fourth-order valence-electron chi connectivity index (χ4n) is 6.21. The third-order valence-electron chi connectivity index (χ3n) is 7.55. The van der Waals surface area contributed by atoms with Gasteiger partial charge in [-0.3, -0.25) is 4.79 Å². The number of carbonyl (C=O) groups is 1. The SMILES string of the molecule is Cc1ccc([C@H]2OCC[C@@]34C[C@@H](C[C@H]23)C(C)(C)[C@@H]4NC(=O)CCO)cc1. The number of benzene rings is 1. The van der Waals surface area contributed by atoms with Gasteiger partial charge in [0.05, 0.1) is 12.7 Å². The topological polar surface area (TPSA) is 58.6 Å². The van der Waals surface area contributed by atoms with Crippen molar-refractivity contribution in [2.45, 2.75) is 58.6 Å². The summed E-state index contributed by atoms with van der Waals surface area (Å²) >= 11 is 0. The van der Waals surface area contributed by atoms with Crippen molar-refractivity contribution in [1.29, 1.82) is 0 Å². The maximum Gasteiger partial charge on any atom is 0.222 e. The quantitative estimate of drug-likeness (QED) is 0.868. The van der Waals surface area contributed by atoms with E-state index in [1.807, 2.05) is 0 Å². The fraction of sp³-hybridized carbons (Fsp3) is 0.682. The Morgan fingerprint density at radius 1 is 1.31 bits per heavy atom. The highest BCUT2D eigenvalue weighted by molar-refractivity contribution is 5.76. The highest BCUT2D eigenvalue weighted by Gasteiger charge is 2.68. The molecule has 1 saturated heterocycles. The molecule has 4 nitrogen and oxygen atoms in total. The van der Waals surface area contributed by atoms with Crippen LogP contribution in [-0.2, 0) is 9.53 Å². The summed E-state index contributed by atoms with van der Waals surface area (Å²) in [5, 5.41) is 12.5. The molecule has 2 saturated carbocycles. The molecule has 1 aromatic rings. The van der Waals surface area contributed by atoms with Gasteiger partial charge in [0.15, 0.2) is 0 Å². The number of aryl methyl sites for hydroxylation is 1. The van der Waals surface area contributed by atoms with E-state index >= 15 is 0 Å². The molecule has 0 radical (unpaired) electrons. The van der Waals surface area contributed by atoms with Crippen molar-refractivity contribution < 1.29 is 14.6 Å². The van der Waals surface area contributed by atoms with Crippen LogP contribution < -0.4 is 5.32 Å². The summed E-state index contributed by atoms with van der Waals surface area (Å²) in [7, 11) is 0. The molecule has 4 rings (SSSR count). The van der Waals surface area contributed by atoms with Crippen LogP contribution in [0, 0.1) is 29.6 Å². The van der Waals surface area contributed by atoms with Crippen molar-refractivity contribution in [2.24, 2.45) is 22.7 Å². The number of fused-ring (bicyclic) bond motifs is 1. The molecule has 1 amide bonds. The number of ether oxygens (including phenoxy) is 1. The molecule has 2 N–H and O–H groups in total. The number of nitrogens with one attached hydrogen (secondary N) is 1. The lowest BCUT2D eigenvalue weighted by Crippen LogP contribution is -2.59. The zero-order valence-corrected chi connectivity index (χ0v) is 16.1. The molecule has 2 bridgehead atoms. The first-order chi connectivity index (χ1) is 12.4. The molecule has 1 heterocycles. The van der Waals surface area contributed by atoms with Gasteiger partial charge in [0.1, 0.15) is 0 Å². The predicted octanol–water partition coefficient (Wildman–Crippen LogP) is 3.38. The number of amides is 1. The molecule has 1 aliphatic heterocycles. The van der Waals surface area contributed by atoms with Crippen molar-refractivity contribution >= 4 is 5.91 Å². The lowest BCUT2D eigenvalue weighted by atomic mass is 9.59. The normalized spacial score (nSPS) is 37.4. The third kappa shape index (κ3) is 2.61. The molecule has 3 fully saturated rings. The Bertz CT molecular complexity index is 683. The second kappa shape index (κ2) is 6.35. The molecule has 4 heteroatoms. The van der Waals surface area contributed by atoms with E-state index < -0.39 is 0 Å². The van der Waals surface area contributed by atoms with Crippen LogP contribution >= 0.6 is 0 Å². The number of aliphatic hydroxyl groups excluding tert-OH is 1. The van der Waals surface area contributed by atoms with E-state index in [0.717, 1.165) is 13.0 Å². The summed E-state index contributed by atoms with van der Waals surface area (Å²) in [6.07, 6.45) is 3.70. The Morgan fingerprint density at radius 2 is 2.04 bits per heavy atom. The molecule has 0 unspecified atom stereocenters. The van der Waals surface area contributed by atoms with Crippen LogP contribution in [0.5, 0.6) is 0 Å². The maximum atomic E-state index is 12.3. The van der Waals surface area contributed by atoms with Gasteiger partial charge in [-0.1, -0.05) is 43.7 Å². The highest BCUT2D eigenvalue weighted by atomic mass is 16.5. The number of carbonyl (C=O) groups excluding carboxylic acids is 1. The van der Waals surface area contributed by atoms with Crippen molar-refractivity contribution in [3.05, 3.63) is 35.4 Å². The molecule has 142 valence electrons. The lowest BCUT2D eigenvalue weighted by Gasteiger charge is -2.53. The average Bonchev–Trinajstić information content (AvgIpc) is 3.09. The van der Waals surface area contributed by atoms with Gasteiger partial charge in [-0.05, 0) is 54.4 Å². The zero-order valence-electron chi connectivity index (χ0n) is 16.1. The van der Waals surface area contributed by atoms with E-state index in [0.29, 0.717) is 11.8 Å². The minimum absolute atomic E-state index is 0.0235. The Labute approximate surface area is 156 Å². The first-order valence-electron chi connectivity index (χ1n) is 9.97. The first-order valence-corrected chi connectivity index (χ1v) is 9.97. The van der Waals surface area contributed by atoms with Gasteiger partial charge < -0.3 is 15.2 Å². The van der Waals surface area contributed by atoms with Gasteiger partial charge >= 0.3 is 0 Å². The second-order valence-corrected chi connectivity index (χ2v) is 9.22. The summed E-state index contributed by atoms with van der Waals surface area (Å²) in [6.45, 7) is 7.39. The van der Waals surface area contributed by atoms with Crippen LogP contribution in [0.25, 0.3) is 0 Å². The van der Waals surface area contributed by atoms with Crippen LogP contribution in [0.15, 0.2) is 24.3 Å². The molecule has 2 aliphatic carbocycles. The summed E-state index contributed by atoms with van der Waals surface area (Å²) in [5.74, 6) is 1.04. The number of aliphatic hydroxyl groups is 1. The Balaban J connectivity index is 1.66. The first kappa shape index (κ1) is 18.0. The largest absolute Gasteiger partial charge is 0.396 e. The number of hydrogen-bond acceptors (Lipinski definition) is 3. The van der Waals surface area contributed by atoms with E-state index in [1.165, 1.54) is 24.0 Å². The molecular weight excluding hydrogens is 326 g/mol. The number of hydrogen-bond donors (Lipinski definition) is 2. The Kier molecular flexibility index (Phi) is 4.39. The standard InChI is InChI=1S/C22H31NO3/c1-14-4-6-15(7-5-14)19-17-12-16-13-22(17,9-11-26-19)20(21(16,2)3)23-18(25)8-10-24/h4-7,16-17,19-20,24H,8-13H2,1-3H3,(H,23,25)/t16-,17-,19-,20+,22-/m1/s1. The van der Waals surface area contributed by atoms with Gasteiger partial charge in [0, 0.05) is 19.1 Å². The summed E-state index contributed by atoms with van der Waals surface area (Å²) in [6, 6.07) is 8.90. The van der Waals surface area contributed by atoms with Crippen LogP contribution in [-0.4, -0.2) is 30.3 Å². The van der Waals surface area contributed by atoms with Crippen LogP contribution in [0.2, 0.25) is 0 Å². The van der Waals surface area contributed by atoms with Gasteiger partial charge in [0.25, 0.3) is 0 Å². The molecule has 3 aliphatic rings. The predicted molar refractivity (Wildman–Crippen MR) is 101 cm³/mol. The van der Waals surface area contributed by atoms with Crippen LogP contribution in [0.1, 0.15) is 56.8 Å². The van der Waals surface area contributed by atoms with Crippen molar-refractivity contribution in [3.63, 3.8) is 0 Å². The monoisotopic (exact) mass is 357 g/mol. The maximum absolute atomic E-state index is 12.3. The van der Waals surface area contributed by atoms with Crippen LogP contribution in [0.4, 0.5) is 0 Å². The molecule has 5 atom stereocenters. The van der Waals surface area contributed by atoms with E-state index in [9.17, 15) is 4.79 Å². The summed E-state index contributed by atoms with van der Waals surface area (Å²) in [5.41, 5.74) is 2.75. The fourth-order valence-corrected chi connectivity index (χ4v) is 6.21. The van der Waals surface area contributed by atoms with Gasteiger partial charge in [-0.2, -0.15) is 0 Å². The minimum Gasteiger partial charge on any atom is -0.396 e. The average molecular weight is 357 g/mol. The smallest absolute Gasteiger partial charge is 0.222 e. The molecule has 1 aromatic carbocycles. The van der Waals surface area contributed by atoms with Crippen molar-refractivity contribution in [2.75, 3.05) is 13.2 Å². The molecule has 1 spiro atoms. The molecule has 0 aromatic heterocycles. The number of rotatable bonds is 4. The van der Waals surface area contributed by atoms with E-state index in [4.69, 9.17) is 9.84 Å². The Hall–Kier alpha value is -1.39. The summed E-state index contributed by atoms with van der Waals surface area (Å²) < 4.78 is 6.28. The summed E-state index contributed by atoms with van der Waals surface area (Å²) in [4.78, 5) is 12.3. The highest BCUT2D eigenvalue weighted by Crippen LogP contribution is 2.70. The van der Waals surface area contributed by atoms with Gasteiger partial charge in [-0.25, -0.2) is 0 Å². The third-order valence-corrected chi connectivity index (χ3v) is 7.55. The zero-order chi connectivity index (χ0) is 18.5. The van der Waals surface area contributed by atoms with E-state index in [1.54, 1.807) is 0 Å². The lowest BCUT2D eigenvalue weighted by molar-refractivity contribution is -0.137. The minimum atomic E-state index is -0.0893. The van der Waals surface area contributed by atoms with E-state index in [2.05, 4.69) is 50.4 Å². The van der Waals surface area contributed by atoms with Crippen LogP contribution in [0.3, 0.4) is 0 Å². The van der Waals surface area contributed by atoms with Crippen molar-refractivity contribution in [3.8, 4) is 0 Å². The van der Waals surface area contributed by atoms with Crippen molar-refractivity contribution in [1.82, 2.24) is 5.32 Å². The Morgan fingerprint density at radius 3 is 2.73 bits per heavy atom.